The summed E-state index contributed by atoms with van der Waals surface area (Å²) >= 11 is 0. The lowest BCUT2D eigenvalue weighted by Crippen LogP contribution is -2.43. The molecule has 2 rings (SSSR count). The molecule has 2 aliphatic carbocycles. The van der Waals surface area contributed by atoms with Gasteiger partial charge in [0, 0.05) is 12.6 Å². The van der Waals surface area contributed by atoms with Crippen LogP contribution >= 0.6 is 0 Å². The van der Waals surface area contributed by atoms with E-state index in [1.165, 1.54) is 51.5 Å². The highest BCUT2D eigenvalue weighted by atomic mass is 14.9. The molecule has 2 heteroatoms. The highest BCUT2D eigenvalue weighted by molar-refractivity contribution is 4.83. The molecule has 0 aromatic heterocycles. The number of nitrogens with two attached hydrogens (primary N) is 1. The van der Waals surface area contributed by atoms with Crippen molar-refractivity contribution in [3.63, 3.8) is 0 Å². The normalized spacial score (nSPS) is 26.4. The minimum atomic E-state index is 0.607. The largest absolute Gasteiger partial charge is 0.329 e. The molecule has 2 saturated carbocycles. The van der Waals surface area contributed by atoms with Gasteiger partial charge in [-0.05, 0) is 44.1 Å². The van der Waals surface area contributed by atoms with Crippen LogP contribution in [0.15, 0.2) is 0 Å². The van der Waals surface area contributed by atoms with Gasteiger partial charge in [0.1, 0.15) is 0 Å². The second-order valence-electron chi connectivity index (χ2n) is 5.09. The number of hydrogen-bond acceptors (Lipinski definition) is 2. The fourth-order valence-electron chi connectivity index (χ4n) is 2.62. The first kappa shape index (κ1) is 10.4. The van der Waals surface area contributed by atoms with Gasteiger partial charge in [-0.2, -0.15) is 0 Å². The molecule has 82 valence electrons. The molecule has 0 aromatic carbocycles. The van der Waals surface area contributed by atoms with Crippen molar-refractivity contribution < 1.29 is 0 Å². The molecule has 1 atom stereocenters. The van der Waals surface area contributed by atoms with Crippen molar-refractivity contribution in [3.05, 3.63) is 0 Å². The van der Waals surface area contributed by atoms with Gasteiger partial charge < -0.3 is 11.1 Å². The first-order valence-electron chi connectivity index (χ1n) is 6.33. The van der Waals surface area contributed by atoms with Crippen LogP contribution in [-0.4, -0.2) is 19.1 Å². The number of nitrogens with one attached hydrogen (secondary N) is 1. The molecule has 0 aliphatic heterocycles. The van der Waals surface area contributed by atoms with Gasteiger partial charge in [-0.15, -0.1) is 0 Å². The van der Waals surface area contributed by atoms with Gasteiger partial charge in [-0.3, -0.25) is 0 Å². The van der Waals surface area contributed by atoms with Crippen molar-refractivity contribution >= 4 is 0 Å². The van der Waals surface area contributed by atoms with Gasteiger partial charge in [0.05, 0.1) is 0 Å². The summed E-state index contributed by atoms with van der Waals surface area (Å²) in [4.78, 5) is 0. The molecule has 2 nitrogen and oxygen atoms in total. The van der Waals surface area contributed by atoms with Crippen molar-refractivity contribution in [2.75, 3.05) is 13.1 Å². The van der Waals surface area contributed by atoms with Crippen molar-refractivity contribution in [2.24, 2.45) is 17.6 Å². The van der Waals surface area contributed by atoms with E-state index in [2.05, 4.69) is 5.32 Å². The Kier molecular flexibility index (Phi) is 3.82. The fourth-order valence-corrected chi connectivity index (χ4v) is 2.62. The highest BCUT2D eigenvalue weighted by Crippen LogP contribution is 2.29. The lowest BCUT2D eigenvalue weighted by molar-refractivity contribution is 0.270. The maximum atomic E-state index is 5.85. The first-order valence-corrected chi connectivity index (χ1v) is 6.33. The molecule has 0 amide bonds. The molecule has 0 radical (unpaired) electrons. The summed E-state index contributed by atoms with van der Waals surface area (Å²) in [5, 5.41) is 3.68. The topological polar surface area (TPSA) is 38.0 Å². The van der Waals surface area contributed by atoms with Crippen molar-refractivity contribution in [1.82, 2.24) is 5.32 Å². The van der Waals surface area contributed by atoms with E-state index >= 15 is 0 Å². The molecule has 3 N–H and O–H groups in total. The Bertz CT molecular complexity index is 160. The van der Waals surface area contributed by atoms with E-state index < -0.39 is 0 Å². The van der Waals surface area contributed by atoms with E-state index in [4.69, 9.17) is 5.73 Å². The number of hydrogen-bond donors (Lipinski definition) is 2. The van der Waals surface area contributed by atoms with Gasteiger partial charge in [-0.25, -0.2) is 0 Å². The molecule has 0 spiro atoms. The zero-order valence-electron chi connectivity index (χ0n) is 9.17. The molecule has 0 saturated heterocycles. The second kappa shape index (κ2) is 5.13. The van der Waals surface area contributed by atoms with Crippen LogP contribution in [0.3, 0.4) is 0 Å². The molecule has 2 aliphatic rings. The van der Waals surface area contributed by atoms with E-state index in [-0.39, 0.29) is 0 Å². The van der Waals surface area contributed by atoms with Gasteiger partial charge in [0.15, 0.2) is 0 Å². The van der Waals surface area contributed by atoms with E-state index in [0.29, 0.717) is 6.04 Å². The van der Waals surface area contributed by atoms with Crippen molar-refractivity contribution in [1.29, 1.82) is 0 Å². The Morgan fingerprint density at radius 2 is 1.79 bits per heavy atom. The van der Waals surface area contributed by atoms with Crippen LogP contribution < -0.4 is 11.1 Å². The molecule has 14 heavy (non-hydrogen) atoms. The summed E-state index contributed by atoms with van der Waals surface area (Å²) in [7, 11) is 0. The summed E-state index contributed by atoms with van der Waals surface area (Å²) in [6.45, 7) is 2.05. The van der Waals surface area contributed by atoms with Crippen LogP contribution in [-0.2, 0) is 0 Å². The highest BCUT2D eigenvalue weighted by Gasteiger charge is 2.26. The summed E-state index contributed by atoms with van der Waals surface area (Å²) in [5.74, 6) is 1.85. The first-order chi connectivity index (χ1) is 6.90. The number of rotatable bonds is 5. The van der Waals surface area contributed by atoms with Crippen LogP contribution in [0.4, 0.5) is 0 Å². The summed E-state index contributed by atoms with van der Waals surface area (Å²) in [5.41, 5.74) is 5.85. The van der Waals surface area contributed by atoms with E-state index in [1.54, 1.807) is 0 Å². The van der Waals surface area contributed by atoms with Gasteiger partial charge in [0.25, 0.3) is 0 Å². The molecular formula is C12H24N2. The molecule has 0 aromatic rings. The third-order valence-electron chi connectivity index (χ3n) is 3.84. The Balaban J connectivity index is 1.71. The minimum absolute atomic E-state index is 0.607. The molecule has 1 unspecified atom stereocenters. The maximum Gasteiger partial charge on any atom is 0.0218 e. The fraction of sp³-hybridized carbons (Fsp3) is 1.00. The van der Waals surface area contributed by atoms with Crippen LogP contribution in [0.25, 0.3) is 0 Å². The van der Waals surface area contributed by atoms with Crippen LogP contribution in [0.5, 0.6) is 0 Å². The molecule has 2 fully saturated rings. The average Bonchev–Trinajstić information content (AvgIpc) is 3.04. The quantitative estimate of drug-likeness (QED) is 0.705. The lowest BCUT2D eigenvalue weighted by atomic mass is 9.84. The third kappa shape index (κ3) is 2.96. The van der Waals surface area contributed by atoms with Crippen LogP contribution in [0.2, 0.25) is 0 Å². The predicted molar refractivity (Wildman–Crippen MR) is 60.1 cm³/mol. The Morgan fingerprint density at radius 3 is 2.36 bits per heavy atom. The van der Waals surface area contributed by atoms with Crippen LogP contribution in [0, 0.1) is 11.8 Å². The van der Waals surface area contributed by atoms with Crippen molar-refractivity contribution in [2.45, 2.75) is 51.0 Å². The van der Waals surface area contributed by atoms with Crippen LogP contribution in [0.1, 0.15) is 44.9 Å². The molecule has 0 heterocycles. The Labute approximate surface area is 87.6 Å². The smallest absolute Gasteiger partial charge is 0.0218 e. The summed E-state index contributed by atoms with van der Waals surface area (Å²) in [6.07, 6.45) is 9.97. The standard InChI is InChI=1S/C12H24N2/c13-8-12(14-9-10-6-7-10)11-4-2-1-3-5-11/h10-12,14H,1-9,13H2. The van der Waals surface area contributed by atoms with E-state index in [1.807, 2.05) is 0 Å². The zero-order valence-corrected chi connectivity index (χ0v) is 9.17. The summed E-state index contributed by atoms with van der Waals surface area (Å²) < 4.78 is 0. The lowest BCUT2D eigenvalue weighted by Gasteiger charge is -2.30. The molecule has 0 bridgehead atoms. The molecular weight excluding hydrogens is 172 g/mol. The third-order valence-corrected chi connectivity index (χ3v) is 3.84. The Morgan fingerprint density at radius 1 is 1.07 bits per heavy atom. The average molecular weight is 196 g/mol. The van der Waals surface area contributed by atoms with Gasteiger partial charge in [0.2, 0.25) is 0 Å². The van der Waals surface area contributed by atoms with Gasteiger partial charge in [-0.1, -0.05) is 19.3 Å². The Hall–Kier alpha value is -0.0800. The van der Waals surface area contributed by atoms with E-state index in [0.717, 1.165) is 18.4 Å². The van der Waals surface area contributed by atoms with Crippen molar-refractivity contribution in [3.8, 4) is 0 Å². The van der Waals surface area contributed by atoms with Gasteiger partial charge >= 0.3 is 0 Å². The predicted octanol–water partition coefficient (Wildman–Crippen LogP) is 1.89. The minimum Gasteiger partial charge on any atom is -0.329 e. The monoisotopic (exact) mass is 196 g/mol. The summed E-state index contributed by atoms with van der Waals surface area (Å²) in [6, 6.07) is 0.607. The zero-order chi connectivity index (χ0) is 9.80. The SMILES string of the molecule is NCC(NCC1CC1)C1CCCCC1. The van der Waals surface area contributed by atoms with E-state index in [9.17, 15) is 0 Å². The second-order valence-corrected chi connectivity index (χ2v) is 5.09. The maximum absolute atomic E-state index is 5.85.